The largest absolute Gasteiger partial charge is 0.383 e. The molecule has 0 saturated heterocycles. The third kappa shape index (κ3) is 4.61. The van der Waals surface area contributed by atoms with Gasteiger partial charge >= 0.3 is 0 Å². The van der Waals surface area contributed by atoms with E-state index in [1.807, 2.05) is 31.2 Å². The minimum absolute atomic E-state index is 0.190. The van der Waals surface area contributed by atoms with Crippen molar-refractivity contribution < 1.29 is 0 Å². The second-order valence-electron chi connectivity index (χ2n) is 7.84. The molecular weight excluding hydrogens is 458 g/mol. The average molecular weight is 480 g/mol. The Labute approximate surface area is 201 Å². The number of pyridine rings is 1. The van der Waals surface area contributed by atoms with E-state index >= 15 is 0 Å². The molecule has 8 heteroatoms. The Morgan fingerprint density at radius 1 is 1.09 bits per heavy atom. The number of rotatable bonds is 5. The zero-order valence-electron chi connectivity index (χ0n) is 17.7. The molecular formula is C24H22ClN5S2. The first-order valence-electron chi connectivity index (χ1n) is 10.5. The van der Waals surface area contributed by atoms with Gasteiger partial charge in [0.15, 0.2) is 0 Å². The Balaban J connectivity index is 1.64. The third-order valence-corrected chi connectivity index (χ3v) is 8.10. The number of nitrogens with two attached hydrogens (primary N) is 1. The van der Waals surface area contributed by atoms with Crippen molar-refractivity contribution in [1.82, 2.24) is 9.97 Å². The van der Waals surface area contributed by atoms with Gasteiger partial charge in [0, 0.05) is 21.2 Å². The van der Waals surface area contributed by atoms with Gasteiger partial charge in [0.05, 0.1) is 16.8 Å². The lowest BCUT2D eigenvalue weighted by Crippen LogP contribution is -2.13. The normalized spacial score (nSPS) is 14.1. The minimum atomic E-state index is 0.190. The van der Waals surface area contributed by atoms with Crippen LogP contribution in [0, 0.1) is 29.6 Å². The molecule has 3 aromatic rings. The number of nitrogens with zero attached hydrogens (tertiary/aromatic N) is 4. The van der Waals surface area contributed by atoms with Crippen molar-refractivity contribution >= 4 is 40.5 Å². The minimum Gasteiger partial charge on any atom is -0.383 e. The summed E-state index contributed by atoms with van der Waals surface area (Å²) in [6.07, 6.45) is 5.37. The van der Waals surface area contributed by atoms with Crippen molar-refractivity contribution in [1.29, 1.82) is 10.5 Å². The quantitative estimate of drug-likeness (QED) is 0.402. The van der Waals surface area contributed by atoms with E-state index in [0.29, 0.717) is 26.9 Å². The number of thiazole rings is 1. The molecule has 1 aliphatic carbocycles. The highest BCUT2D eigenvalue weighted by Crippen LogP contribution is 2.41. The molecule has 4 rings (SSSR count). The number of halogens is 1. The lowest BCUT2D eigenvalue weighted by Gasteiger charge is -2.25. The van der Waals surface area contributed by atoms with Crippen LogP contribution in [0.1, 0.15) is 65.3 Å². The molecule has 32 heavy (non-hydrogen) atoms. The van der Waals surface area contributed by atoms with E-state index in [1.54, 1.807) is 11.3 Å². The highest BCUT2D eigenvalue weighted by molar-refractivity contribution is 7.98. The summed E-state index contributed by atoms with van der Waals surface area (Å²) >= 11 is 9.10. The molecule has 2 aromatic heterocycles. The van der Waals surface area contributed by atoms with Crippen molar-refractivity contribution in [2.45, 2.75) is 55.7 Å². The Morgan fingerprint density at radius 3 is 2.44 bits per heavy atom. The molecule has 1 saturated carbocycles. The van der Waals surface area contributed by atoms with Gasteiger partial charge in [0.25, 0.3) is 0 Å². The van der Waals surface area contributed by atoms with Crippen LogP contribution in [0.2, 0.25) is 5.02 Å². The molecule has 0 radical (unpaired) electrons. The highest BCUT2D eigenvalue weighted by Gasteiger charge is 2.27. The van der Waals surface area contributed by atoms with Gasteiger partial charge in [-0.25, -0.2) is 9.97 Å². The van der Waals surface area contributed by atoms with Crippen molar-refractivity contribution in [2.75, 3.05) is 5.73 Å². The van der Waals surface area contributed by atoms with Crippen LogP contribution in [0.4, 0.5) is 5.82 Å². The summed E-state index contributed by atoms with van der Waals surface area (Å²) in [6.45, 7) is 2.05. The molecule has 162 valence electrons. The standard InChI is InChI=1S/C24H22ClN5S2/c1-14-20(29-23(32-14)16-7-9-17(25)10-8-16)13-31-24-19(12-27)21(15-5-3-2-4-6-15)18(11-26)22(28)30-24/h7-10,15H,2-6,13H2,1H3,(H2,28,30). The maximum absolute atomic E-state index is 9.99. The number of aromatic nitrogens is 2. The molecule has 0 aliphatic heterocycles. The van der Waals surface area contributed by atoms with Gasteiger partial charge in [-0.05, 0) is 43.4 Å². The van der Waals surface area contributed by atoms with Gasteiger partial charge in [-0.1, -0.05) is 54.8 Å². The van der Waals surface area contributed by atoms with Crippen LogP contribution in [-0.4, -0.2) is 9.97 Å². The molecule has 0 unspecified atom stereocenters. The summed E-state index contributed by atoms with van der Waals surface area (Å²) < 4.78 is 0. The van der Waals surface area contributed by atoms with Crippen molar-refractivity contribution in [3.8, 4) is 22.7 Å². The van der Waals surface area contributed by atoms with Crippen LogP contribution in [0.25, 0.3) is 10.6 Å². The molecule has 2 N–H and O–H groups in total. The van der Waals surface area contributed by atoms with E-state index < -0.39 is 0 Å². The topological polar surface area (TPSA) is 99.4 Å². The molecule has 0 amide bonds. The first kappa shape index (κ1) is 22.6. The van der Waals surface area contributed by atoms with Gasteiger partial charge in [0.1, 0.15) is 28.0 Å². The number of thioether (sulfide) groups is 1. The first-order chi connectivity index (χ1) is 15.5. The summed E-state index contributed by atoms with van der Waals surface area (Å²) in [5, 5.41) is 21.9. The van der Waals surface area contributed by atoms with Gasteiger partial charge in [0.2, 0.25) is 0 Å². The smallest absolute Gasteiger partial charge is 0.143 e. The third-order valence-electron chi connectivity index (χ3n) is 5.80. The number of nitriles is 2. The fraction of sp³-hybridized carbons (Fsp3) is 0.333. The monoisotopic (exact) mass is 479 g/mol. The average Bonchev–Trinajstić information content (AvgIpc) is 3.18. The summed E-state index contributed by atoms with van der Waals surface area (Å²) in [6, 6.07) is 12.2. The lowest BCUT2D eigenvalue weighted by atomic mass is 9.80. The molecule has 0 spiro atoms. The van der Waals surface area contributed by atoms with Crippen LogP contribution in [0.5, 0.6) is 0 Å². The Hall–Kier alpha value is -2.58. The number of anilines is 1. The maximum atomic E-state index is 9.99. The zero-order chi connectivity index (χ0) is 22.7. The maximum Gasteiger partial charge on any atom is 0.143 e. The molecule has 0 atom stereocenters. The van der Waals surface area contributed by atoms with E-state index in [9.17, 15) is 10.5 Å². The Kier molecular flexibility index (Phi) is 7.01. The van der Waals surface area contributed by atoms with Gasteiger partial charge in [-0.3, -0.25) is 0 Å². The van der Waals surface area contributed by atoms with Gasteiger partial charge in [-0.2, -0.15) is 10.5 Å². The van der Waals surface area contributed by atoms with Crippen molar-refractivity contribution in [3.05, 3.63) is 56.5 Å². The van der Waals surface area contributed by atoms with Crippen molar-refractivity contribution in [3.63, 3.8) is 0 Å². The van der Waals surface area contributed by atoms with Crippen LogP contribution < -0.4 is 5.73 Å². The fourth-order valence-corrected chi connectivity index (χ4v) is 6.31. The number of aryl methyl sites for hydroxylation is 1. The number of hydrogen-bond acceptors (Lipinski definition) is 7. The first-order valence-corrected chi connectivity index (χ1v) is 12.7. The molecule has 2 heterocycles. The zero-order valence-corrected chi connectivity index (χ0v) is 20.1. The number of nitrogen functional groups attached to an aromatic ring is 1. The van der Waals surface area contributed by atoms with Crippen LogP contribution in [0.15, 0.2) is 29.3 Å². The molecule has 1 aliphatic rings. The van der Waals surface area contributed by atoms with Gasteiger partial charge < -0.3 is 5.73 Å². The fourth-order valence-electron chi connectivity index (χ4n) is 4.14. The van der Waals surface area contributed by atoms with Gasteiger partial charge in [-0.15, -0.1) is 11.3 Å². The van der Waals surface area contributed by atoms with E-state index in [2.05, 4.69) is 17.1 Å². The van der Waals surface area contributed by atoms with E-state index in [0.717, 1.165) is 52.4 Å². The summed E-state index contributed by atoms with van der Waals surface area (Å²) in [5.74, 6) is 0.981. The second kappa shape index (κ2) is 9.92. The lowest BCUT2D eigenvalue weighted by molar-refractivity contribution is 0.442. The predicted molar refractivity (Wildman–Crippen MR) is 131 cm³/mol. The predicted octanol–water partition coefficient (Wildman–Crippen LogP) is 6.83. The van der Waals surface area contributed by atoms with Crippen LogP contribution in [0.3, 0.4) is 0 Å². The summed E-state index contributed by atoms with van der Waals surface area (Å²) in [4.78, 5) is 10.4. The van der Waals surface area contributed by atoms with E-state index in [1.165, 1.54) is 18.2 Å². The molecule has 0 bridgehead atoms. The molecule has 1 aromatic carbocycles. The Morgan fingerprint density at radius 2 is 1.78 bits per heavy atom. The second-order valence-corrected chi connectivity index (χ2v) is 10.4. The number of hydrogen-bond donors (Lipinski definition) is 1. The van der Waals surface area contributed by atoms with E-state index in [-0.39, 0.29) is 11.7 Å². The molecule has 1 fully saturated rings. The SMILES string of the molecule is Cc1sc(-c2ccc(Cl)cc2)nc1CSc1nc(N)c(C#N)c(C2CCCCC2)c1C#N. The summed E-state index contributed by atoms with van der Waals surface area (Å²) in [7, 11) is 0. The Bertz CT molecular complexity index is 1220. The van der Waals surface area contributed by atoms with Crippen LogP contribution in [-0.2, 0) is 5.75 Å². The van der Waals surface area contributed by atoms with Crippen LogP contribution >= 0.6 is 34.7 Å². The number of benzene rings is 1. The molecule has 5 nitrogen and oxygen atoms in total. The highest BCUT2D eigenvalue weighted by atomic mass is 35.5. The van der Waals surface area contributed by atoms with E-state index in [4.69, 9.17) is 22.3 Å². The van der Waals surface area contributed by atoms with Crippen molar-refractivity contribution in [2.24, 2.45) is 0 Å². The summed E-state index contributed by atoms with van der Waals surface area (Å²) in [5.41, 5.74) is 9.81.